The first-order valence-electron chi connectivity index (χ1n) is 7.95. The second-order valence-corrected chi connectivity index (χ2v) is 6.25. The summed E-state index contributed by atoms with van der Waals surface area (Å²) in [5.41, 5.74) is 1.86. The smallest absolute Gasteiger partial charge is 0.335 e. The van der Waals surface area contributed by atoms with Crippen LogP contribution in [0.4, 0.5) is 0 Å². The fourth-order valence-electron chi connectivity index (χ4n) is 2.20. The van der Waals surface area contributed by atoms with Gasteiger partial charge in [0.25, 0.3) is 5.91 Å². The molecule has 2 rings (SSSR count). The standard InChI is InChI=1S/C18H20N2O4S/c21-16(2-1-9-20-17(22)15-8-11-25-12-15)19-10-7-13-3-5-14(6-4-13)18(23)24/h3-6,8,11-12H,1-2,7,9-10H2,(H,19,21)(H,20,22)(H,23,24). The van der Waals surface area contributed by atoms with Gasteiger partial charge in [0.15, 0.2) is 0 Å². The molecule has 2 amide bonds. The Balaban J connectivity index is 1.58. The van der Waals surface area contributed by atoms with Crippen LogP contribution in [-0.2, 0) is 11.2 Å². The maximum atomic E-state index is 11.8. The number of amides is 2. The van der Waals surface area contributed by atoms with Gasteiger partial charge in [-0.05, 0) is 42.0 Å². The minimum absolute atomic E-state index is 0.0630. The number of carbonyl (C=O) groups excluding carboxylic acids is 2. The van der Waals surface area contributed by atoms with Crippen LogP contribution in [-0.4, -0.2) is 36.0 Å². The van der Waals surface area contributed by atoms with Gasteiger partial charge in [0.05, 0.1) is 5.56 Å². The molecular weight excluding hydrogens is 340 g/mol. The van der Waals surface area contributed by atoms with Crippen LogP contribution in [0.2, 0.25) is 0 Å². The van der Waals surface area contributed by atoms with Crippen LogP contribution in [0.1, 0.15) is 39.1 Å². The minimum atomic E-state index is -0.953. The summed E-state index contributed by atoms with van der Waals surface area (Å²) in [7, 11) is 0. The molecule has 0 aliphatic rings. The summed E-state index contributed by atoms with van der Waals surface area (Å²) >= 11 is 1.47. The Morgan fingerprint density at radius 2 is 1.72 bits per heavy atom. The van der Waals surface area contributed by atoms with Crippen molar-refractivity contribution in [3.05, 3.63) is 57.8 Å². The van der Waals surface area contributed by atoms with Gasteiger partial charge in [-0.3, -0.25) is 9.59 Å². The van der Waals surface area contributed by atoms with Crippen LogP contribution < -0.4 is 10.6 Å². The highest BCUT2D eigenvalue weighted by molar-refractivity contribution is 7.08. The topological polar surface area (TPSA) is 95.5 Å². The zero-order chi connectivity index (χ0) is 18.1. The summed E-state index contributed by atoms with van der Waals surface area (Å²) in [4.78, 5) is 34.2. The highest BCUT2D eigenvalue weighted by atomic mass is 32.1. The van der Waals surface area contributed by atoms with Crippen molar-refractivity contribution >= 4 is 29.1 Å². The largest absolute Gasteiger partial charge is 0.478 e. The van der Waals surface area contributed by atoms with Gasteiger partial charge in [-0.1, -0.05) is 12.1 Å². The van der Waals surface area contributed by atoms with Crippen LogP contribution in [0, 0.1) is 0 Å². The zero-order valence-corrected chi connectivity index (χ0v) is 14.5. The molecule has 0 aliphatic heterocycles. The Bertz CT molecular complexity index is 711. The number of hydrogen-bond donors (Lipinski definition) is 3. The number of carboxylic acids is 1. The second-order valence-electron chi connectivity index (χ2n) is 5.47. The number of aromatic carboxylic acids is 1. The Morgan fingerprint density at radius 3 is 2.36 bits per heavy atom. The lowest BCUT2D eigenvalue weighted by Crippen LogP contribution is -2.28. The quantitative estimate of drug-likeness (QED) is 0.598. The Kier molecular flexibility index (Phi) is 7.16. The van der Waals surface area contributed by atoms with E-state index in [1.54, 1.807) is 35.7 Å². The summed E-state index contributed by atoms with van der Waals surface area (Å²) in [5, 5.41) is 18.1. The summed E-state index contributed by atoms with van der Waals surface area (Å²) in [5.74, 6) is -1.13. The SMILES string of the molecule is O=C(CCCNC(=O)c1ccsc1)NCCc1ccc(C(=O)O)cc1. The third-order valence-electron chi connectivity index (χ3n) is 3.59. The van der Waals surface area contributed by atoms with Crippen molar-refractivity contribution in [3.8, 4) is 0 Å². The maximum absolute atomic E-state index is 11.8. The van der Waals surface area contributed by atoms with Crippen LogP contribution in [0.15, 0.2) is 41.1 Å². The molecule has 132 valence electrons. The number of nitrogens with one attached hydrogen (secondary N) is 2. The average molecular weight is 360 g/mol. The molecule has 25 heavy (non-hydrogen) atoms. The number of benzene rings is 1. The minimum Gasteiger partial charge on any atom is -0.478 e. The van der Waals surface area contributed by atoms with Gasteiger partial charge in [0, 0.05) is 30.5 Å². The van der Waals surface area contributed by atoms with E-state index >= 15 is 0 Å². The highest BCUT2D eigenvalue weighted by Gasteiger charge is 2.06. The van der Waals surface area contributed by atoms with E-state index in [9.17, 15) is 14.4 Å². The van der Waals surface area contributed by atoms with E-state index in [4.69, 9.17) is 5.11 Å². The molecule has 0 bridgehead atoms. The van der Waals surface area contributed by atoms with Crippen LogP contribution in [0.3, 0.4) is 0 Å². The van der Waals surface area contributed by atoms with E-state index in [1.165, 1.54) is 11.3 Å². The summed E-state index contributed by atoms with van der Waals surface area (Å²) in [6.45, 7) is 0.950. The fraction of sp³-hybridized carbons (Fsp3) is 0.278. The van der Waals surface area contributed by atoms with Crippen molar-refractivity contribution in [2.75, 3.05) is 13.1 Å². The number of rotatable bonds is 9. The molecule has 3 N–H and O–H groups in total. The molecule has 0 spiro atoms. The van der Waals surface area contributed by atoms with Crippen molar-refractivity contribution in [2.24, 2.45) is 0 Å². The molecule has 7 heteroatoms. The van der Waals surface area contributed by atoms with Crippen LogP contribution in [0.5, 0.6) is 0 Å². The lowest BCUT2D eigenvalue weighted by molar-refractivity contribution is -0.121. The molecule has 1 heterocycles. The molecule has 2 aromatic rings. The van der Waals surface area contributed by atoms with Crippen LogP contribution >= 0.6 is 11.3 Å². The predicted molar refractivity (Wildman–Crippen MR) is 96.0 cm³/mol. The molecule has 6 nitrogen and oxygen atoms in total. The number of carboxylic acid groups (broad SMARTS) is 1. The van der Waals surface area contributed by atoms with Crippen molar-refractivity contribution in [3.63, 3.8) is 0 Å². The predicted octanol–water partition coefficient (Wildman–Crippen LogP) is 2.32. The lowest BCUT2D eigenvalue weighted by atomic mass is 10.1. The van der Waals surface area contributed by atoms with E-state index in [0.29, 0.717) is 37.9 Å². The molecule has 0 aliphatic carbocycles. The van der Waals surface area contributed by atoms with Gasteiger partial charge in [0.1, 0.15) is 0 Å². The number of carbonyl (C=O) groups is 3. The molecule has 0 saturated heterocycles. The third-order valence-corrected chi connectivity index (χ3v) is 4.27. The van der Waals surface area contributed by atoms with E-state index in [2.05, 4.69) is 10.6 Å². The van der Waals surface area contributed by atoms with Gasteiger partial charge in [0.2, 0.25) is 5.91 Å². The van der Waals surface area contributed by atoms with Crippen LogP contribution in [0.25, 0.3) is 0 Å². The van der Waals surface area contributed by atoms with Crippen molar-refractivity contribution in [1.29, 1.82) is 0 Å². The fourth-order valence-corrected chi connectivity index (χ4v) is 2.83. The molecule has 0 unspecified atom stereocenters. The number of thiophene rings is 1. The van der Waals surface area contributed by atoms with Gasteiger partial charge >= 0.3 is 5.97 Å². The Labute approximate surface area is 149 Å². The molecule has 0 saturated carbocycles. The summed E-state index contributed by atoms with van der Waals surface area (Å²) < 4.78 is 0. The average Bonchev–Trinajstić information content (AvgIpc) is 3.14. The first-order valence-corrected chi connectivity index (χ1v) is 8.90. The first kappa shape index (κ1) is 18.7. The van der Waals surface area contributed by atoms with Crippen molar-refractivity contribution in [1.82, 2.24) is 10.6 Å². The van der Waals surface area contributed by atoms with E-state index < -0.39 is 5.97 Å². The zero-order valence-electron chi connectivity index (χ0n) is 13.7. The van der Waals surface area contributed by atoms with Gasteiger partial charge in [-0.25, -0.2) is 4.79 Å². The second kappa shape index (κ2) is 9.58. The highest BCUT2D eigenvalue weighted by Crippen LogP contribution is 2.06. The van der Waals surface area contributed by atoms with Gasteiger partial charge < -0.3 is 15.7 Å². The molecule has 0 atom stereocenters. The Morgan fingerprint density at radius 1 is 0.960 bits per heavy atom. The molecular formula is C18H20N2O4S. The van der Waals surface area contributed by atoms with Crippen molar-refractivity contribution in [2.45, 2.75) is 19.3 Å². The van der Waals surface area contributed by atoms with Gasteiger partial charge in [-0.2, -0.15) is 11.3 Å². The summed E-state index contributed by atoms with van der Waals surface area (Å²) in [6.07, 6.45) is 1.57. The maximum Gasteiger partial charge on any atom is 0.335 e. The van der Waals surface area contributed by atoms with E-state index in [0.717, 1.165) is 5.56 Å². The summed E-state index contributed by atoms with van der Waals surface area (Å²) in [6, 6.07) is 8.35. The van der Waals surface area contributed by atoms with Crippen molar-refractivity contribution < 1.29 is 19.5 Å². The molecule has 1 aromatic carbocycles. The first-order chi connectivity index (χ1) is 12.1. The monoisotopic (exact) mass is 360 g/mol. The Hall–Kier alpha value is -2.67. The van der Waals surface area contributed by atoms with E-state index in [1.807, 2.05) is 5.38 Å². The lowest BCUT2D eigenvalue weighted by Gasteiger charge is -2.06. The van der Waals surface area contributed by atoms with E-state index in [-0.39, 0.29) is 17.4 Å². The third kappa shape index (κ3) is 6.39. The molecule has 0 radical (unpaired) electrons. The number of hydrogen-bond acceptors (Lipinski definition) is 4. The van der Waals surface area contributed by atoms with Gasteiger partial charge in [-0.15, -0.1) is 0 Å². The molecule has 1 aromatic heterocycles. The normalized spacial score (nSPS) is 10.2. The molecule has 0 fully saturated rings.